The van der Waals surface area contributed by atoms with E-state index < -0.39 is 27.8 Å². The Bertz CT molecular complexity index is 1440. The molecule has 0 saturated carbocycles. The summed E-state index contributed by atoms with van der Waals surface area (Å²) < 4.78 is 36.3. The zero-order chi connectivity index (χ0) is 24.7. The highest BCUT2D eigenvalue weighted by molar-refractivity contribution is 7.91. The van der Waals surface area contributed by atoms with Gasteiger partial charge in [0.15, 0.2) is 15.3 Å². The van der Waals surface area contributed by atoms with Crippen molar-refractivity contribution < 1.29 is 22.4 Å². The van der Waals surface area contributed by atoms with Crippen LogP contribution < -0.4 is 10.2 Å². The first kappa shape index (κ1) is 23.6. The molecule has 8 heteroatoms. The molecule has 0 radical (unpaired) electrons. The lowest BCUT2D eigenvalue weighted by Crippen LogP contribution is -2.40. The second kappa shape index (κ2) is 9.15. The van der Waals surface area contributed by atoms with Gasteiger partial charge >= 0.3 is 0 Å². The molecule has 3 aromatic rings. The van der Waals surface area contributed by atoms with Crippen molar-refractivity contribution in [2.75, 3.05) is 18.1 Å². The van der Waals surface area contributed by atoms with Gasteiger partial charge < -0.3 is 14.1 Å². The highest BCUT2D eigenvalue weighted by atomic mass is 32.2. The van der Waals surface area contributed by atoms with E-state index in [0.29, 0.717) is 29.7 Å². The number of unbranched alkanes of at least 4 members (excludes halogenated alkanes) is 2. The summed E-state index contributed by atoms with van der Waals surface area (Å²) >= 11 is 0. The van der Waals surface area contributed by atoms with E-state index >= 15 is 0 Å². The number of benzene rings is 2. The van der Waals surface area contributed by atoms with E-state index in [0.717, 1.165) is 30.4 Å². The molecule has 0 bridgehead atoms. The standard InChI is InChI=1S/C27H29NO6S/c1-3-4-5-13-33-20-9-7-18(8-10-20)24-23-25(29)21-15-17(2)6-11-22(21)34-26(23)27(30)28(24)19-12-14-35(31,32)16-19/h6-11,15,19,24H,3-5,12-14,16H2,1-2H3. The summed E-state index contributed by atoms with van der Waals surface area (Å²) in [7, 11) is -3.25. The largest absolute Gasteiger partial charge is 0.494 e. The second-order valence-corrected chi connectivity index (χ2v) is 11.7. The number of fused-ring (bicyclic) bond motifs is 2. The van der Waals surface area contributed by atoms with Gasteiger partial charge in [0, 0.05) is 6.04 Å². The van der Waals surface area contributed by atoms with Crippen LogP contribution >= 0.6 is 0 Å². The third kappa shape index (κ3) is 4.35. The van der Waals surface area contributed by atoms with E-state index in [1.165, 1.54) is 0 Å². The molecule has 3 heterocycles. The Morgan fingerprint density at radius 3 is 2.54 bits per heavy atom. The van der Waals surface area contributed by atoms with E-state index in [1.54, 1.807) is 17.0 Å². The van der Waals surface area contributed by atoms with E-state index in [9.17, 15) is 18.0 Å². The minimum atomic E-state index is -3.25. The molecule has 0 aliphatic carbocycles. The molecule has 184 valence electrons. The van der Waals surface area contributed by atoms with Crippen molar-refractivity contribution in [2.24, 2.45) is 0 Å². The smallest absolute Gasteiger partial charge is 0.291 e. The summed E-state index contributed by atoms with van der Waals surface area (Å²) in [5.74, 6) is 0.185. The molecule has 35 heavy (non-hydrogen) atoms. The van der Waals surface area contributed by atoms with Gasteiger partial charge in [-0.1, -0.05) is 43.5 Å². The summed E-state index contributed by atoms with van der Waals surface area (Å²) in [6.45, 7) is 4.65. The van der Waals surface area contributed by atoms with E-state index in [1.807, 2.05) is 37.3 Å². The van der Waals surface area contributed by atoms with Crippen LogP contribution in [0.25, 0.3) is 11.0 Å². The van der Waals surface area contributed by atoms with Gasteiger partial charge in [0.1, 0.15) is 11.3 Å². The average Bonchev–Trinajstić information content (AvgIpc) is 3.34. The maximum Gasteiger partial charge on any atom is 0.291 e. The van der Waals surface area contributed by atoms with E-state index in [-0.39, 0.29) is 28.3 Å². The molecule has 2 aliphatic heterocycles. The Hall–Kier alpha value is -3.13. The fraction of sp³-hybridized carbons (Fsp3) is 0.407. The van der Waals surface area contributed by atoms with Crippen molar-refractivity contribution >= 4 is 26.7 Å². The number of amides is 1. The summed E-state index contributed by atoms with van der Waals surface area (Å²) in [5.41, 5.74) is 2.00. The number of rotatable bonds is 7. The molecule has 2 aliphatic rings. The molecule has 2 aromatic carbocycles. The highest BCUT2D eigenvalue weighted by Crippen LogP contribution is 2.41. The highest BCUT2D eigenvalue weighted by Gasteiger charge is 2.48. The van der Waals surface area contributed by atoms with E-state index in [2.05, 4.69) is 6.92 Å². The van der Waals surface area contributed by atoms with Crippen molar-refractivity contribution in [3.8, 4) is 5.75 Å². The average molecular weight is 496 g/mol. The number of hydrogen-bond acceptors (Lipinski definition) is 6. The van der Waals surface area contributed by atoms with Gasteiger partial charge in [-0.2, -0.15) is 0 Å². The van der Waals surface area contributed by atoms with Gasteiger partial charge in [-0.3, -0.25) is 9.59 Å². The molecule has 0 spiro atoms. The molecular weight excluding hydrogens is 466 g/mol. The van der Waals surface area contributed by atoms with Crippen LogP contribution in [0, 0.1) is 6.92 Å². The monoisotopic (exact) mass is 495 g/mol. The fourth-order valence-corrected chi connectivity index (χ4v) is 6.80. The van der Waals surface area contributed by atoms with Crippen molar-refractivity contribution in [3.05, 3.63) is 75.1 Å². The molecule has 2 unspecified atom stereocenters. The van der Waals surface area contributed by atoms with Crippen LogP contribution in [-0.2, 0) is 9.84 Å². The molecule has 0 N–H and O–H groups in total. The Balaban J connectivity index is 1.59. The van der Waals surface area contributed by atoms with Crippen LogP contribution in [0.4, 0.5) is 0 Å². The predicted molar refractivity (Wildman–Crippen MR) is 134 cm³/mol. The third-order valence-corrected chi connectivity index (χ3v) is 8.63. The van der Waals surface area contributed by atoms with Gasteiger partial charge in [-0.15, -0.1) is 0 Å². The van der Waals surface area contributed by atoms with Crippen molar-refractivity contribution in [1.82, 2.24) is 4.90 Å². The quantitative estimate of drug-likeness (QED) is 0.451. The van der Waals surface area contributed by atoms with Crippen LogP contribution in [0.2, 0.25) is 0 Å². The van der Waals surface area contributed by atoms with Crippen LogP contribution in [0.15, 0.2) is 51.7 Å². The first-order chi connectivity index (χ1) is 16.8. The number of carbonyl (C=O) groups excluding carboxylic acids is 1. The number of carbonyl (C=O) groups is 1. The Morgan fingerprint density at radius 2 is 1.86 bits per heavy atom. The molecule has 1 fully saturated rings. The lowest BCUT2D eigenvalue weighted by atomic mass is 9.97. The Labute approximate surface area is 204 Å². The van der Waals surface area contributed by atoms with Crippen molar-refractivity contribution in [2.45, 2.75) is 51.6 Å². The van der Waals surface area contributed by atoms with Crippen molar-refractivity contribution in [3.63, 3.8) is 0 Å². The number of ether oxygens (including phenoxy) is 1. The SMILES string of the molecule is CCCCCOc1ccc(C2c3c(oc4ccc(C)cc4c3=O)C(=O)N2C2CCS(=O)(=O)C2)cc1. The predicted octanol–water partition coefficient (Wildman–Crippen LogP) is 4.40. The van der Waals surface area contributed by atoms with Crippen LogP contribution in [0.3, 0.4) is 0 Å². The summed E-state index contributed by atoms with van der Waals surface area (Å²) in [4.78, 5) is 28.8. The topological polar surface area (TPSA) is 93.9 Å². The molecule has 2 atom stereocenters. The number of nitrogens with zero attached hydrogens (tertiary/aromatic N) is 1. The summed E-state index contributed by atoms with van der Waals surface area (Å²) in [6.07, 6.45) is 3.52. The van der Waals surface area contributed by atoms with Gasteiger partial charge in [-0.05, 0) is 49.6 Å². The lowest BCUT2D eigenvalue weighted by Gasteiger charge is -2.30. The Kier molecular flexibility index (Phi) is 6.17. The first-order valence-electron chi connectivity index (χ1n) is 12.1. The number of hydrogen-bond donors (Lipinski definition) is 0. The lowest BCUT2D eigenvalue weighted by molar-refractivity contribution is 0.0662. The zero-order valence-electron chi connectivity index (χ0n) is 20.0. The van der Waals surface area contributed by atoms with Crippen LogP contribution in [0.5, 0.6) is 5.75 Å². The second-order valence-electron chi connectivity index (χ2n) is 9.47. The van der Waals surface area contributed by atoms with Crippen molar-refractivity contribution in [1.29, 1.82) is 0 Å². The summed E-state index contributed by atoms with van der Waals surface area (Å²) in [6, 6.07) is 11.4. The maximum atomic E-state index is 13.7. The van der Waals surface area contributed by atoms with Crippen LogP contribution in [0.1, 0.15) is 65.9 Å². The molecule has 1 saturated heterocycles. The molecule has 1 amide bonds. The third-order valence-electron chi connectivity index (χ3n) is 6.88. The van der Waals surface area contributed by atoms with Gasteiger partial charge in [0.25, 0.3) is 5.91 Å². The molecule has 7 nitrogen and oxygen atoms in total. The van der Waals surface area contributed by atoms with E-state index in [4.69, 9.17) is 9.15 Å². The minimum absolute atomic E-state index is 0.000503. The zero-order valence-corrected chi connectivity index (χ0v) is 20.8. The maximum absolute atomic E-state index is 13.7. The Morgan fingerprint density at radius 1 is 1.09 bits per heavy atom. The van der Waals surface area contributed by atoms with Crippen LogP contribution in [-0.4, -0.2) is 43.4 Å². The normalized spacial score (nSPS) is 21.0. The first-order valence-corrected chi connectivity index (χ1v) is 13.9. The number of aryl methyl sites for hydroxylation is 1. The molecule has 1 aromatic heterocycles. The summed E-state index contributed by atoms with van der Waals surface area (Å²) in [5, 5.41) is 0.415. The fourth-order valence-electron chi connectivity index (χ4n) is 5.09. The minimum Gasteiger partial charge on any atom is -0.494 e. The number of sulfone groups is 1. The van der Waals surface area contributed by atoms with Gasteiger partial charge in [0.2, 0.25) is 5.76 Å². The van der Waals surface area contributed by atoms with Gasteiger partial charge in [-0.25, -0.2) is 8.42 Å². The van der Waals surface area contributed by atoms with Gasteiger partial charge in [0.05, 0.1) is 35.1 Å². The molecule has 5 rings (SSSR count). The molecular formula is C27H29NO6S.